The summed E-state index contributed by atoms with van der Waals surface area (Å²) < 4.78 is 8.09. The van der Waals surface area contributed by atoms with E-state index in [0.29, 0.717) is 36.3 Å². The number of nitrogens with zero attached hydrogens (tertiary/aromatic N) is 3. The molecule has 0 aliphatic carbocycles. The third-order valence-electron chi connectivity index (χ3n) is 5.96. The highest BCUT2D eigenvalue weighted by molar-refractivity contribution is 6.06. The number of unbranched alkanes of at least 4 members (excludes halogenated alkanes) is 2. The number of para-hydroxylation sites is 1. The van der Waals surface area contributed by atoms with Gasteiger partial charge in [-0.05, 0) is 44.7 Å². The molecule has 1 aromatic carbocycles. The largest absolute Gasteiger partial charge is 0.458 e. The number of carbonyl (C=O) groups excluding carboxylic acids is 1. The zero-order valence-electron chi connectivity index (χ0n) is 21.7. The number of anilines is 1. The summed E-state index contributed by atoms with van der Waals surface area (Å²) in [6, 6.07) is 7.94. The number of nitrogens with two attached hydrogens (primary N) is 1. The molecule has 0 saturated carbocycles. The minimum atomic E-state index is -0.698. The van der Waals surface area contributed by atoms with E-state index >= 15 is 0 Å². The fourth-order valence-corrected chi connectivity index (χ4v) is 4.32. The number of esters is 1. The number of aromatic nitrogens is 3. The zero-order chi connectivity index (χ0) is 24.9. The number of nitrogen functional groups attached to an aromatic ring is 1. The molecule has 2 aromatic heterocycles. The molecule has 0 unspecified atom stereocenters. The molecule has 0 radical (unpaired) electrons. The Morgan fingerprint density at radius 1 is 1.09 bits per heavy atom. The molecule has 0 aliphatic heterocycles. The Bertz CT molecular complexity index is 1130. The van der Waals surface area contributed by atoms with Crippen LogP contribution < -0.4 is 11.1 Å². The summed E-state index contributed by atoms with van der Waals surface area (Å²) in [5, 5.41) is 4.35. The van der Waals surface area contributed by atoms with Crippen molar-refractivity contribution in [3.63, 3.8) is 0 Å². The molecule has 0 spiro atoms. The Morgan fingerprint density at radius 2 is 1.82 bits per heavy atom. The molecule has 3 rings (SSSR count). The second-order valence-corrected chi connectivity index (χ2v) is 11.0. The summed E-state index contributed by atoms with van der Waals surface area (Å²) in [4.78, 5) is 22.0. The van der Waals surface area contributed by atoms with Crippen molar-refractivity contribution >= 4 is 33.7 Å². The van der Waals surface area contributed by atoms with Crippen LogP contribution in [0.4, 0.5) is 5.82 Å². The maximum Gasteiger partial charge on any atom is 0.306 e. The summed E-state index contributed by atoms with van der Waals surface area (Å²) in [6.07, 6.45) is 4.66. The third kappa shape index (κ3) is 6.69. The first-order chi connectivity index (χ1) is 16.0. The highest BCUT2D eigenvalue weighted by atomic mass is 16.6. The first kappa shape index (κ1) is 25.9. The predicted molar refractivity (Wildman–Crippen MR) is 140 cm³/mol. The first-order valence-corrected chi connectivity index (χ1v) is 12.5. The standard InChI is InChI=1S/C27H41N5O2/c1-7-29-17-21-31-23-24(19-13-10-11-14-20(19)30-25(23)28)32(21)18-27(5,6)34-22(33)15-9-8-12-16-26(2,3)4/h10-11,13-14,29H,7-9,12,15-18H2,1-6H3,(H2,28,30). The van der Waals surface area contributed by atoms with Gasteiger partial charge in [0.25, 0.3) is 0 Å². The highest BCUT2D eigenvalue weighted by Crippen LogP contribution is 2.30. The van der Waals surface area contributed by atoms with Gasteiger partial charge in [-0.1, -0.05) is 58.7 Å². The van der Waals surface area contributed by atoms with Gasteiger partial charge in [0.2, 0.25) is 0 Å². The van der Waals surface area contributed by atoms with Gasteiger partial charge in [0.1, 0.15) is 16.9 Å². The van der Waals surface area contributed by atoms with Gasteiger partial charge in [0, 0.05) is 11.8 Å². The summed E-state index contributed by atoms with van der Waals surface area (Å²) >= 11 is 0. The molecule has 7 heteroatoms. The molecule has 0 fully saturated rings. The van der Waals surface area contributed by atoms with Gasteiger partial charge < -0.3 is 20.4 Å². The molecule has 3 aromatic rings. The van der Waals surface area contributed by atoms with E-state index in [1.165, 1.54) is 6.42 Å². The predicted octanol–water partition coefficient (Wildman–Crippen LogP) is 5.59. The molecular weight excluding hydrogens is 426 g/mol. The summed E-state index contributed by atoms with van der Waals surface area (Å²) in [7, 11) is 0. The van der Waals surface area contributed by atoms with E-state index in [9.17, 15) is 4.79 Å². The number of hydrogen-bond acceptors (Lipinski definition) is 6. The Hall–Kier alpha value is -2.67. The number of nitrogens with one attached hydrogen (secondary N) is 1. The summed E-state index contributed by atoms with van der Waals surface area (Å²) in [5.74, 6) is 1.12. The Morgan fingerprint density at radius 3 is 2.53 bits per heavy atom. The molecule has 7 nitrogen and oxygen atoms in total. The van der Waals surface area contributed by atoms with Crippen LogP contribution in [0.3, 0.4) is 0 Å². The molecular formula is C27H41N5O2. The van der Waals surface area contributed by atoms with Crippen LogP contribution in [0.25, 0.3) is 21.9 Å². The fraction of sp³-hybridized carbons (Fsp3) is 0.593. The zero-order valence-corrected chi connectivity index (χ0v) is 21.7. The van der Waals surface area contributed by atoms with Crippen molar-refractivity contribution in [1.82, 2.24) is 19.9 Å². The van der Waals surface area contributed by atoms with E-state index in [0.717, 1.165) is 48.1 Å². The van der Waals surface area contributed by atoms with Crippen molar-refractivity contribution in [1.29, 1.82) is 0 Å². The van der Waals surface area contributed by atoms with Crippen molar-refractivity contribution in [3.8, 4) is 0 Å². The molecule has 0 saturated heterocycles. The smallest absolute Gasteiger partial charge is 0.306 e. The van der Waals surface area contributed by atoms with E-state index in [2.05, 4.69) is 42.6 Å². The van der Waals surface area contributed by atoms with Crippen molar-refractivity contribution in [2.24, 2.45) is 5.41 Å². The molecule has 2 heterocycles. The molecule has 0 amide bonds. The number of carbonyl (C=O) groups is 1. The number of pyridine rings is 1. The SMILES string of the molecule is CCNCc1nc2c(N)nc3ccccc3c2n1CC(C)(C)OC(=O)CCCCCC(C)(C)C. The van der Waals surface area contributed by atoms with Crippen LogP contribution >= 0.6 is 0 Å². The first-order valence-electron chi connectivity index (χ1n) is 12.5. The van der Waals surface area contributed by atoms with Crippen LogP contribution in [0.1, 0.15) is 79.5 Å². The second-order valence-electron chi connectivity index (χ2n) is 11.0. The van der Waals surface area contributed by atoms with Gasteiger partial charge in [-0.3, -0.25) is 4.79 Å². The van der Waals surface area contributed by atoms with E-state index in [1.54, 1.807) is 0 Å². The summed E-state index contributed by atoms with van der Waals surface area (Å²) in [5.41, 5.74) is 8.38. The van der Waals surface area contributed by atoms with Crippen LogP contribution in [0.5, 0.6) is 0 Å². The van der Waals surface area contributed by atoms with Gasteiger partial charge in [0.05, 0.1) is 24.1 Å². The average molecular weight is 468 g/mol. The minimum absolute atomic E-state index is 0.149. The molecule has 0 atom stereocenters. The number of ether oxygens (including phenoxy) is 1. The highest BCUT2D eigenvalue weighted by Gasteiger charge is 2.27. The van der Waals surface area contributed by atoms with E-state index in [-0.39, 0.29) is 5.97 Å². The van der Waals surface area contributed by atoms with Crippen molar-refractivity contribution in [3.05, 3.63) is 30.1 Å². The Balaban J connectivity index is 1.79. The maximum absolute atomic E-state index is 12.6. The Kier molecular flexibility index (Phi) is 8.18. The number of benzene rings is 1. The number of rotatable bonds is 11. The van der Waals surface area contributed by atoms with Crippen LogP contribution in [0.2, 0.25) is 0 Å². The molecule has 34 heavy (non-hydrogen) atoms. The molecule has 0 aliphatic rings. The quantitative estimate of drug-likeness (QED) is 0.282. The molecule has 186 valence electrons. The van der Waals surface area contributed by atoms with Crippen molar-refractivity contribution in [2.45, 2.75) is 92.3 Å². The van der Waals surface area contributed by atoms with Crippen molar-refractivity contribution < 1.29 is 9.53 Å². The topological polar surface area (TPSA) is 95.1 Å². The number of hydrogen-bond donors (Lipinski definition) is 2. The maximum atomic E-state index is 12.6. The van der Waals surface area contributed by atoms with Gasteiger partial charge in [-0.15, -0.1) is 0 Å². The average Bonchev–Trinajstić information content (AvgIpc) is 3.09. The van der Waals surface area contributed by atoms with Gasteiger partial charge >= 0.3 is 5.97 Å². The van der Waals surface area contributed by atoms with Crippen LogP contribution in [0, 0.1) is 5.41 Å². The van der Waals surface area contributed by atoms with Gasteiger partial charge in [0.15, 0.2) is 5.82 Å². The number of fused-ring (bicyclic) bond motifs is 3. The van der Waals surface area contributed by atoms with Gasteiger partial charge in [-0.25, -0.2) is 9.97 Å². The number of imidazole rings is 1. The molecule has 0 bridgehead atoms. The Labute approximate surface area is 203 Å². The molecule has 3 N–H and O–H groups in total. The lowest BCUT2D eigenvalue weighted by Crippen LogP contribution is -2.34. The van der Waals surface area contributed by atoms with E-state index in [4.69, 9.17) is 15.5 Å². The normalized spacial score (nSPS) is 12.5. The minimum Gasteiger partial charge on any atom is -0.458 e. The van der Waals surface area contributed by atoms with Crippen LogP contribution in [-0.2, 0) is 22.6 Å². The summed E-state index contributed by atoms with van der Waals surface area (Å²) in [6.45, 7) is 14.6. The second kappa shape index (κ2) is 10.7. The lowest BCUT2D eigenvalue weighted by atomic mass is 9.89. The van der Waals surface area contributed by atoms with Gasteiger partial charge in [-0.2, -0.15) is 0 Å². The lowest BCUT2D eigenvalue weighted by molar-refractivity contribution is -0.157. The van der Waals surface area contributed by atoms with E-state index in [1.807, 2.05) is 38.1 Å². The van der Waals surface area contributed by atoms with Crippen LogP contribution in [-0.4, -0.2) is 32.7 Å². The third-order valence-corrected chi connectivity index (χ3v) is 5.96. The monoisotopic (exact) mass is 467 g/mol. The van der Waals surface area contributed by atoms with Crippen LogP contribution in [0.15, 0.2) is 24.3 Å². The fourth-order valence-electron chi connectivity index (χ4n) is 4.32. The lowest BCUT2D eigenvalue weighted by Gasteiger charge is -2.27. The van der Waals surface area contributed by atoms with E-state index < -0.39 is 5.60 Å². The van der Waals surface area contributed by atoms with Crippen molar-refractivity contribution in [2.75, 3.05) is 12.3 Å².